The molecule has 0 unspecified atom stereocenters. The molecule has 118 valence electrons. The van der Waals surface area contributed by atoms with Crippen LogP contribution >= 0.6 is 0 Å². The van der Waals surface area contributed by atoms with Crippen molar-refractivity contribution in [2.75, 3.05) is 0 Å². The second-order valence-corrected chi connectivity index (χ2v) is 4.81. The van der Waals surface area contributed by atoms with Crippen molar-refractivity contribution >= 4 is 0 Å². The van der Waals surface area contributed by atoms with E-state index >= 15 is 0 Å². The first kappa shape index (κ1) is 15.1. The first-order valence-electron chi connectivity index (χ1n) is 6.60. The van der Waals surface area contributed by atoms with Crippen LogP contribution in [0.3, 0.4) is 0 Å². The van der Waals surface area contributed by atoms with Crippen molar-refractivity contribution in [1.82, 2.24) is 20.0 Å². The van der Waals surface area contributed by atoms with Crippen LogP contribution in [-0.4, -0.2) is 20.0 Å². The molecule has 2 heterocycles. The molecule has 0 saturated heterocycles. The van der Waals surface area contributed by atoms with Crippen LogP contribution in [0.15, 0.2) is 49.1 Å². The third kappa shape index (κ3) is 3.20. The summed E-state index contributed by atoms with van der Waals surface area (Å²) in [6.07, 6.45) is 1.03. The van der Waals surface area contributed by atoms with Gasteiger partial charge in [-0.05, 0) is 17.7 Å². The fourth-order valence-corrected chi connectivity index (χ4v) is 2.15. The van der Waals surface area contributed by atoms with E-state index in [1.54, 1.807) is 0 Å². The normalized spacial score (nSPS) is 11.7. The number of halogens is 4. The van der Waals surface area contributed by atoms with E-state index in [1.165, 1.54) is 35.5 Å². The summed E-state index contributed by atoms with van der Waals surface area (Å²) in [6, 6.07) is 4.59. The molecule has 0 aliphatic heterocycles. The predicted molar refractivity (Wildman–Crippen MR) is 73.4 cm³/mol. The summed E-state index contributed by atoms with van der Waals surface area (Å²) in [5.74, 6) is -0.570. The maximum Gasteiger partial charge on any atom is 0.416 e. The molecule has 23 heavy (non-hydrogen) atoms. The van der Waals surface area contributed by atoms with Gasteiger partial charge in [-0.2, -0.15) is 23.4 Å². The highest BCUT2D eigenvalue weighted by molar-refractivity contribution is 5.41. The fraction of sp³-hybridized carbons (Fsp3) is 0.133. The average molecular weight is 322 g/mol. The summed E-state index contributed by atoms with van der Waals surface area (Å²) >= 11 is 0. The molecule has 0 spiro atoms. The molecule has 0 N–H and O–H groups in total. The molecule has 0 amide bonds. The number of benzene rings is 1. The lowest BCUT2D eigenvalue weighted by atomic mass is 10.0. The number of rotatable bonds is 3. The SMILES string of the molecule is Fc1cncc(-n2nccn2)c1Cc1ccc(C(F)(F)F)cc1. The van der Waals surface area contributed by atoms with Crippen LogP contribution in [0.5, 0.6) is 0 Å². The van der Waals surface area contributed by atoms with E-state index in [1.807, 2.05) is 0 Å². The van der Waals surface area contributed by atoms with E-state index in [4.69, 9.17) is 0 Å². The summed E-state index contributed by atoms with van der Waals surface area (Å²) in [4.78, 5) is 4.98. The highest BCUT2D eigenvalue weighted by atomic mass is 19.4. The molecular formula is C15H10F4N4. The van der Waals surface area contributed by atoms with Crippen LogP contribution in [-0.2, 0) is 12.6 Å². The minimum Gasteiger partial charge on any atom is -0.259 e. The monoisotopic (exact) mass is 322 g/mol. The predicted octanol–water partition coefficient (Wildman–Crippen LogP) is 3.41. The zero-order valence-electron chi connectivity index (χ0n) is 11.6. The minimum absolute atomic E-state index is 0.101. The van der Waals surface area contributed by atoms with Crippen LogP contribution < -0.4 is 0 Å². The van der Waals surface area contributed by atoms with E-state index in [-0.39, 0.29) is 12.0 Å². The molecule has 0 atom stereocenters. The van der Waals surface area contributed by atoms with Gasteiger partial charge in [0.1, 0.15) is 11.5 Å². The Hall–Kier alpha value is -2.77. The van der Waals surface area contributed by atoms with Crippen LogP contribution in [0.1, 0.15) is 16.7 Å². The molecule has 2 aromatic heterocycles. The van der Waals surface area contributed by atoms with Gasteiger partial charge in [0.25, 0.3) is 0 Å². The lowest BCUT2D eigenvalue weighted by molar-refractivity contribution is -0.137. The van der Waals surface area contributed by atoms with Crippen molar-refractivity contribution in [3.05, 3.63) is 71.6 Å². The molecule has 0 fully saturated rings. The van der Waals surface area contributed by atoms with E-state index in [0.29, 0.717) is 11.3 Å². The molecular weight excluding hydrogens is 312 g/mol. The molecule has 3 aromatic rings. The smallest absolute Gasteiger partial charge is 0.259 e. The molecule has 4 nitrogen and oxygen atoms in total. The molecule has 1 aromatic carbocycles. The number of hydrogen-bond acceptors (Lipinski definition) is 3. The Kier molecular flexibility index (Phi) is 3.81. The molecule has 0 aliphatic carbocycles. The first-order chi connectivity index (χ1) is 10.9. The third-order valence-corrected chi connectivity index (χ3v) is 3.28. The van der Waals surface area contributed by atoms with E-state index < -0.39 is 17.6 Å². The Balaban J connectivity index is 1.94. The Labute approximate surface area is 128 Å². The van der Waals surface area contributed by atoms with E-state index in [9.17, 15) is 17.6 Å². The Morgan fingerprint density at radius 1 is 0.957 bits per heavy atom. The Morgan fingerprint density at radius 2 is 1.61 bits per heavy atom. The fourth-order valence-electron chi connectivity index (χ4n) is 2.15. The van der Waals surface area contributed by atoms with Gasteiger partial charge in [-0.15, -0.1) is 4.80 Å². The number of aromatic nitrogens is 4. The van der Waals surface area contributed by atoms with E-state index in [2.05, 4.69) is 15.2 Å². The van der Waals surface area contributed by atoms with Crippen molar-refractivity contribution < 1.29 is 17.6 Å². The summed E-state index contributed by atoms with van der Waals surface area (Å²) in [5.41, 5.74) is 0.396. The van der Waals surface area contributed by atoms with Crippen molar-refractivity contribution in [2.45, 2.75) is 12.6 Å². The van der Waals surface area contributed by atoms with Crippen molar-refractivity contribution in [2.24, 2.45) is 0 Å². The number of hydrogen-bond donors (Lipinski definition) is 0. The molecule has 0 saturated carbocycles. The van der Waals surface area contributed by atoms with Gasteiger partial charge < -0.3 is 0 Å². The van der Waals surface area contributed by atoms with E-state index in [0.717, 1.165) is 18.3 Å². The lowest BCUT2D eigenvalue weighted by Crippen LogP contribution is -2.08. The number of nitrogens with zero attached hydrogens (tertiary/aromatic N) is 4. The topological polar surface area (TPSA) is 43.6 Å². The van der Waals surface area contributed by atoms with Crippen molar-refractivity contribution in [3.63, 3.8) is 0 Å². The first-order valence-corrected chi connectivity index (χ1v) is 6.60. The maximum atomic E-state index is 14.1. The standard InChI is InChI=1S/C15H10F4N4/c16-13-8-20-9-14(23-21-5-6-22-23)12(13)7-10-1-3-11(4-2-10)15(17,18)19/h1-6,8-9H,7H2. The van der Waals surface area contributed by atoms with Crippen LogP contribution in [0.25, 0.3) is 5.69 Å². The highest BCUT2D eigenvalue weighted by Crippen LogP contribution is 2.29. The average Bonchev–Trinajstić information content (AvgIpc) is 3.03. The zero-order valence-corrected chi connectivity index (χ0v) is 11.6. The zero-order chi connectivity index (χ0) is 16.4. The molecule has 0 aliphatic rings. The maximum absolute atomic E-state index is 14.1. The van der Waals surface area contributed by atoms with Crippen molar-refractivity contribution in [3.8, 4) is 5.69 Å². The van der Waals surface area contributed by atoms with Gasteiger partial charge in [0.15, 0.2) is 0 Å². The van der Waals surface area contributed by atoms with Gasteiger partial charge >= 0.3 is 6.18 Å². The lowest BCUT2D eigenvalue weighted by Gasteiger charge is -2.11. The van der Waals surface area contributed by atoms with Gasteiger partial charge in [-0.3, -0.25) is 4.98 Å². The highest BCUT2D eigenvalue weighted by Gasteiger charge is 2.30. The van der Waals surface area contributed by atoms with Gasteiger partial charge in [0.05, 0.1) is 30.4 Å². The summed E-state index contributed by atoms with van der Waals surface area (Å²) in [7, 11) is 0. The van der Waals surface area contributed by atoms with Gasteiger partial charge in [-0.1, -0.05) is 12.1 Å². The Morgan fingerprint density at radius 3 is 2.22 bits per heavy atom. The number of alkyl halides is 3. The third-order valence-electron chi connectivity index (χ3n) is 3.28. The molecule has 0 radical (unpaired) electrons. The minimum atomic E-state index is -4.40. The summed E-state index contributed by atoms with van der Waals surface area (Å²) < 4.78 is 51.8. The van der Waals surface area contributed by atoms with Crippen LogP contribution in [0, 0.1) is 5.82 Å². The van der Waals surface area contributed by atoms with Crippen LogP contribution in [0.4, 0.5) is 17.6 Å². The molecule has 8 heteroatoms. The van der Waals surface area contributed by atoms with Crippen molar-refractivity contribution in [1.29, 1.82) is 0 Å². The van der Waals surface area contributed by atoms with Gasteiger partial charge in [0, 0.05) is 12.0 Å². The summed E-state index contributed by atoms with van der Waals surface area (Å²) in [5, 5.41) is 7.85. The Bertz CT molecular complexity index is 795. The largest absolute Gasteiger partial charge is 0.416 e. The van der Waals surface area contributed by atoms with Gasteiger partial charge in [0.2, 0.25) is 0 Å². The van der Waals surface area contributed by atoms with Crippen LogP contribution in [0.2, 0.25) is 0 Å². The second kappa shape index (κ2) is 5.79. The second-order valence-electron chi connectivity index (χ2n) is 4.81. The van der Waals surface area contributed by atoms with Gasteiger partial charge in [-0.25, -0.2) is 4.39 Å². The molecule has 0 bridgehead atoms. The summed E-state index contributed by atoms with van der Waals surface area (Å²) in [6.45, 7) is 0. The number of pyridine rings is 1. The quantitative estimate of drug-likeness (QED) is 0.694. The molecule has 3 rings (SSSR count).